The fraction of sp³-hybridized carbons (Fsp3) is 0.286. The highest BCUT2D eigenvalue weighted by Crippen LogP contribution is 2.15. The molecule has 0 saturated heterocycles. The Morgan fingerprint density at radius 1 is 1.21 bits per heavy atom. The molecule has 2 aromatic heterocycles. The number of aliphatic carboxylic acids is 1. The van der Waals surface area contributed by atoms with Crippen LogP contribution in [-0.2, 0) is 27.6 Å². The van der Waals surface area contributed by atoms with Gasteiger partial charge in [-0.3, -0.25) is 14.4 Å². The van der Waals surface area contributed by atoms with E-state index in [2.05, 4.69) is 15.6 Å². The zero-order chi connectivity index (χ0) is 24.2. The van der Waals surface area contributed by atoms with E-state index in [1.165, 1.54) is 45.9 Å². The van der Waals surface area contributed by atoms with Crippen LogP contribution in [0.4, 0.5) is 0 Å². The lowest BCUT2D eigenvalue weighted by molar-refractivity contribution is -0.137. The molecule has 12 heteroatoms. The van der Waals surface area contributed by atoms with Crippen LogP contribution < -0.4 is 10.9 Å². The number of hydrogen-bond acceptors (Lipinski definition) is 7. The van der Waals surface area contributed by atoms with Gasteiger partial charge in [-0.15, -0.1) is 5.10 Å². The third-order valence-electron chi connectivity index (χ3n) is 4.86. The second-order valence-corrected chi connectivity index (χ2v) is 9.45. The first-order valence-corrected chi connectivity index (χ1v) is 11.9. The van der Waals surface area contributed by atoms with Crippen molar-refractivity contribution in [2.24, 2.45) is 0 Å². The van der Waals surface area contributed by atoms with Crippen molar-refractivity contribution < 1.29 is 23.1 Å². The molecule has 1 unspecified atom stereocenters. The van der Waals surface area contributed by atoms with Gasteiger partial charge < -0.3 is 15.0 Å². The lowest BCUT2D eigenvalue weighted by Gasteiger charge is -2.16. The maximum Gasteiger partial charge on any atom is 0.305 e. The zero-order valence-electron chi connectivity index (χ0n) is 18.0. The maximum atomic E-state index is 12.6. The fourth-order valence-electron chi connectivity index (χ4n) is 3.19. The van der Waals surface area contributed by atoms with Crippen LogP contribution in [0.1, 0.15) is 29.4 Å². The Morgan fingerprint density at radius 2 is 1.97 bits per heavy atom. The summed E-state index contributed by atoms with van der Waals surface area (Å²) in [5.74, 6) is -1.69. The van der Waals surface area contributed by atoms with Crippen molar-refractivity contribution in [1.29, 1.82) is 0 Å². The van der Waals surface area contributed by atoms with Gasteiger partial charge in [0, 0.05) is 43.1 Å². The van der Waals surface area contributed by atoms with Gasteiger partial charge in [-0.25, -0.2) is 13.1 Å². The van der Waals surface area contributed by atoms with E-state index in [1.807, 2.05) is 0 Å². The highest BCUT2D eigenvalue weighted by molar-refractivity contribution is 7.90. The molecule has 0 bridgehead atoms. The average molecular weight is 474 g/mol. The number of nitrogens with zero attached hydrogens (tertiary/aromatic N) is 4. The van der Waals surface area contributed by atoms with Crippen LogP contribution in [-0.4, -0.2) is 57.3 Å². The van der Waals surface area contributed by atoms with Crippen molar-refractivity contribution in [3.05, 3.63) is 70.4 Å². The first kappa shape index (κ1) is 23.9. The van der Waals surface area contributed by atoms with E-state index >= 15 is 0 Å². The van der Waals surface area contributed by atoms with Crippen LogP contribution >= 0.6 is 0 Å². The molecule has 2 heterocycles. The van der Waals surface area contributed by atoms with E-state index in [1.54, 1.807) is 19.1 Å². The number of hydrogen-bond donors (Lipinski definition) is 2. The van der Waals surface area contributed by atoms with Gasteiger partial charge in [0.15, 0.2) is 9.84 Å². The number of carbonyl (C=O) groups excluding carboxylic acids is 1. The average Bonchev–Trinajstić information content (AvgIpc) is 3.21. The van der Waals surface area contributed by atoms with Crippen LogP contribution in [0.3, 0.4) is 0 Å². The summed E-state index contributed by atoms with van der Waals surface area (Å²) in [5.41, 5.74) is 0.653. The molecule has 3 aromatic rings. The van der Waals surface area contributed by atoms with Gasteiger partial charge in [-0.05, 0) is 31.2 Å². The maximum absolute atomic E-state index is 12.6. The number of carboxylic acids is 1. The Kier molecular flexibility index (Phi) is 7.07. The largest absolute Gasteiger partial charge is 0.481 e. The van der Waals surface area contributed by atoms with Crippen molar-refractivity contribution in [2.45, 2.75) is 37.2 Å². The van der Waals surface area contributed by atoms with Crippen molar-refractivity contribution in [3.63, 3.8) is 0 Å². The second kappa shape index (κ2) is 9.77. The number of pyridine rings is 1. The van der Waals surface area contributed by atoms with Crippen LogP contribution in [0.5, 0.6) is 0 Å². The summed E-state index contributed by atoms with van der Waals surface area (Å²) in [5, 5.41) is 19.9. The molecular weight excluding hydrogens is 450 g/mol. The molecular formula is C21H23N5O6S. The number of benzene rings is 1. The van der Waals surface area contributed by atoms with Crippen molar-refractivity contribution >= 4 is 21.7 Å². The quantitative estimate of drug-likeness (QED) is 0.460. The van der Waals surface area contributed by atoms with Gasteiger partial charge >= 0.3 is 5.97 Å². The van der Waals surface area contributed by atoms with Gasteiger partial charge in [-0.1, -0.05) is 11.3 Å². The summed E-state index contributed by atoms with van der Waals surface area (Å²) in [7, 11) is -3.40. The van der Waals surface area contributed by atoms with E-state index in [-0.39, 0.29) is 28.9 Å². The molecule has 1 amide bonds. The molecule has 33 heavy (non-hydrogen) atoms. The minimum atomic E-state index is -3.40. The summed E-state index contributed by atoms with van der Waals surface area (Å²) < 4.78 is 26.4. The molecule has 11 nitrogen and oxygen atoms in total. The van der Waals surface area contributed by atoms with Crippen molar-refractivity contribution in [2.75, 3.05) is 6.26 Å². The molecule has 174 valence electrons. The third-order valence-corrected chi connectivity index (χ3v) is 5.97. The number of aryl methyl sites for hydroxylation is 1. The molecule has 0 spiro atoms. The summed E-state index contributed by atoms with van der Waals surface area (Å²) in [6.07, 6.45) is 3.83. The first-order chi connectivity index (χ1) is 15.6. The Hall–Kier alpha value is -3.80. The summed E-state index contributed by atoms with van der Waals surface area (Å²) in [6, 6.07) is 8.02. The highest BCUT2D eigenvalue weighted by Gasteiger charge is 2.20. The monoisotopic (exact) mass is 473 g/mol. The molecule has 0 fully saturated rings. The smallest absolute Gasteiger partial charge is 0.305 e. The van der Waals surface area contributed by atoms with Gasteiger partial charge in [0.05, 0.1) is 28.9 Å². The molecule has 3 rings (SSSR count). The molecule has 0 saturated carbocycles. The standard InChI is InChI=1S/C21H23N5O6S/c1-3-25-8-7-14(9-19(25)27)21(30)22-15(11-20(28)29)10-16-13-26(24-23-16)17-5-4-6-18(12-17)33(2,31)32/h4-9,12-13,15H,3,10-11H2,1-2H3,(H,22,30)(H,28,29). The van der Waals surface area contributed by atoms with Gasteiger partial charge in [0.2, 0.25) is 0 Å². The SMILES string of the molecule is CCn1ccc(C(=O)NC(CC(=O)O)Cc2cn(-c3cccc(S(C)(=O)=O)c3)nn2)cc1=O. The number of rotatable bonds is 9. The summed E-state index contributed by atoms with van der Waals surface area (Å²) in [6.45, 7) is 2.26. The van der Waals surface area contributed by atoms with Gasteiger partial charge in [0.1, 0.15) is 0 Å². The van der Waals surface area contributed by atoms with Crippen molar-refractivity contribution in [1.82, 2.24) is 24.9 Å². The Labute approximate surface area is 189 Å². The normalized spacial score (nSPS) is 12.3. The van der Waals surface area contributed by atoms with Crippen LogP contribution in [0.2, 0.25) is 0 Å². The molecule has 1 atom stereocenters. The second-order valence-electron chi connectivity index (χ2n) is 7.44. The molecule has 0 aliphatic rings. The van der Waals surface area contributed by atoms with Crippen LogP contribution in [0, 0.1) is 0 Å². The molecule has 0 radical (unpaired) electrons. The van der Waals surface area contributed by atoms with Gasteiger partial charge in [-0.2, -0.15) is 0 Å². The highest BCUT2D eigenvalue weighted by atomic mass is 32.2. The van der Waals surface area contributed by atoms with Crippen LogP contribution in [0.15, 0.2) is 58.5 Å². The molecule has 1 aromatic carbocycles. The minimum Gasteiger partial charge on any atom is -0.481 e. The van der Waals surface area contributed by atoms with E-state index < -0.39 is 27.8 Å². The predicted octanol–water partition coefficient (Wildman–Crippen LogP) is 0.668. The summed E-state index contributed by atoms with van der Waals surface area (Å²) in [4.78, 5) is 36.0. The Bertz CT molecular complexity index is 1340. The minimum absolute atomic E-state index is 0.0653. The van der Waals surface area contributed by atoms with Crippen molar-refractivity contribution in [3.8, 4) is 5.69 Å². The lowest BCUT2D eigenvalue weighted by atomic mass is 10.1. The molecule has 0 aliphatic heterocycles. The molecule has 0 aliphatic carbocycles. The number of sulfone groups is 1. The predicted molar refractivity (Wildman–Crippen MR) is 118 cm³/mol. The Balaban J connectivity index is 1.78. The van der Waals surface area contributed by atoms with E-state index in [0.717, 1.165) is 6.26 Å². The number of nitrogens with one attached hydrogen (secondary N) is 1. The first-order valence-electron chi connectivity index (χ1n) is 10.0. The Morgan fingerprint density at radius 3 is 2.61 bits per heavy atom. The third kappa shape index (κ3) is 6.13. The lowest BCUT2D eigenvalue weighted by Crippen LogP contribution is -2.38. The van der Waals surface area contributed by atoms with Gasteiger partial charge in [0.25, 0.3) is 11.5 Å². The van der Waals surface area contributed by atoms with E-state index in [9.17, 15) is 27.9 Å². The number of carbonyl (C=O) groups is 2. The zero-order valence-corrected chi connectivity index (χ0v) is 18.8. The molecule has 2 N–H and O–H groups in total. The van der Waals surface area contributed by atoms with E-state index in [0.29, 0.717) is 17.9 Å². The number of aromatic nitrogens is 4. The topological polar surface area (TPSA) is 153 Å². The number of amides is 1. The fourth-order valence-corrected chi connectivity index (χ4v) is 3.85. The van der Waals surface area contributed by atoms with E-state index in [4.69, 9.17) is 0 Å². The van der Waals surface area contributed by atoms with Crippen LogP contribution in [0.25, 0.3) is 5.69 Å². The number of carboxylic acid groups (broad SMARTS) is 1. The summed E-state index contributed by atoms with van der Waals surface area (Å²) >= 11 is 0.